The molecule has 1 aromatic carbocycles. The van der Waals surface area contributed by atoms with E-state index < -0.39 is 17.7 Å². The number of hydrogen-bond acceptors (Lipinski definition) is 7. The lowest BCUT2D eigenvalue weighted by Gasteiger charge is -2.21. The van der Waals surface area contributed by atoms with Crippen LogP contribution in [0.1, 0.15) is 33.3 Å². The predicted molar refractivity (Wildman–Crippen MR) is 103 cm³/mol. The highest BCUT2D eigenvalue weighted by Crippen LogP contribution is 2.28. The summed E-state index contributed by atoms with van der Waals surface area (Å²) in [5, 5.41) is 13.5. The molecule has 0 aliphatic heterocycles. The average Bonchev–Trinajstić information content (AvgIpc) is 2.99. The molecule has 9 heteroatoms. The smallest absolute Gasteiger partial charge is 0.408 e. The zero-order valence-electron chi connectivity index (χ0n) is 15.1. The van der Waals surface area contributed by atoms with Crippen LogP contribution in [0.5, 0.6) is 0 Å². The largest absolute Gasteiger partial charge is 0.444 e. The normalized spacial score (nSPS) is 12.3. The molecule has 7 nitrogen and oxygen atoms in total. The Morgan fingerprint density at radius 3 is 2.58 bits per heavy atom. The Labute approximate surface area is 160 Å². The number of carbonyl (C=O) groups is 2. The van der Waals surface area contributed by atoms with E-state index >= 15 is 0 Å². The first-order chi connectivity index (χ1) is 12.2. The Balaban J connectivity index is 1.82. The van der Waals surface area contributed by atoms with Gasteiger partial charge in [0.05, 0.1) is 0 Å². The number of nitrogens with one attached hydrogen (secondary N) is 2. The van der Waals surface area contributed by atoms with Crippen LogP contribution in [0, 0.1) is 0 Å². The van der Waals surface area contributed by atoms with Crippen LogP contribution in [-0.4, -0.2) is 33.8 Å². The van der Waals surface area contributed by atoms with Gasteiger partial charge in [-0.3, -0.25) is 10.1 Å². The number of alkyl carbamates (subject to hydrolysis) is 1. The van der Waals surface area contributed by atoms with Gasteiger partial charge in [-0.2, -0.15) is 0 Å². The summed E-state index contributed by atoms with van der Waals surface area (Å²) < 4.78 is 5.89. The van der Waals surface area contributed by atoms with Crippen LogP contribution < -0.4 is 10.6 Å². The fraction of sp³-hybridized carbons (Fsp3) is 0.412. The van der Waals surface area contributed by atoms with Crippen molar-refractivity contribution in [1.82, 2.24) is 15.5 Å². The molecule has 0 radical (unpaired) electrons. The Morgan fingerprint density at radius 1 is 1.23 bits per heavy atom. The molecule has 1 atom stereocenters. The predicted octanol–water partition coefficient (Wildman–Crippen LogP) is 3.68. The molecule has 0 aliphatic carbocycles. The van der Waals surface area contributed by atoms with Gasteiger partial charge in [-0.1, -0.05) is 53.4 Å². The van der Waals surface area contributed by atoms with E-state index in [0.717, 1.165) is 10.1 Å². The summed E-state index contributed by atoms with van der Waals surface area (Å²) in [6.07, 6.45) is -0.642. The number of ether oxygens (including phenoxy) is 1. The van der Waals surface area contributed by atoms with E-state index in [2.05, 4.69) is 20.8 Å². The number of aromatic nitrogens is 2. The van der Waals surface area contributed by atoms with Gasteiger partial charge >= 0.3 is 6.09 Å². The van der Waals surface area contributed by atoms with E-state index in [1.165, 1.54) is 16.9 Å². The van der Waals surface area contributed by atoms with Gasteiger partial charge < -0.3 is 10.1 Å². The highest BCUT2D eigenvalue weighted by molar-refractivity contribution is 8.00. The lowest BCUT2D eigenvalue weighted by atomic mass is 10.2. The quantitative estimate of drug-likeness (QED) is 0.573. The highest BCUT2D eigenvalue weighted by atomic mass is 32.2. The van der Waals surface area contributed by atoms with Crippen LogP contribution in [0.25, 0.3) is 0 Å². The van der Waals surface area contributed by atoms with Gasteiger partial charge in [-0.15, -0.1) is 10.2 Å². The number of rotatable bonds is 6. The third-order valence-corrected chi connectivity index (χ3v) is 5.01. The van der Waals surface area contributed by atoms with Crippen molar-refractivity contribution in [2.75, 3.05) is 5.32 Å². The first kappa shape index (κ1) is 20.2. The molecular weight excluding hydrogens is 372 g/mol. The number of thioether (sulfide) groups is 1. The van der Waals surface area contributed by atoms with Gasteiger partial charge in [0.25, 0.3) is 0 Å². The van der Waals surface area contributed by atoms with Gasteiger partial charge in [0.2, 0.25) is 11.0 Å². The summed E-state index contributed by atoms with van der Waals surface area (Å²) >= 11 is 2.84. The van der Waals surface area contributed by atoms with Crippen molar-refractivity contribution in [3.05, 3.63) is 35.9 Å². The third kappa shape index (κ3) is 7.01. The number of nitrogens with zero attached hydrogens (tertiary/aromatic N) is 2. The van der Waals surface area contributed by atoms with Gasteiger partial charge in [0.1, 0.15) is 11.6 Å². The van der Waals surface area contributed by atoms with E-state index in [4.69, 9.17) is 4.74 Å². The Hall–Kier alpha value is -2.13. The Morgan fingerprint density at radius 2 is 1.92 bits per heavy atom. The number of amides is 2. The molecule has 0 saturated carbocycles. The van der Waals surface area contributed by atoms with Crippen LogP contribution >= 0.6 is 23.1 Å². The topological polar surface area (TPSA) is 93.2 Å². The minimum Gasteiger partial charge on any atom is -0.444 e. The first-order valence-electron chi connectivity index (χ1n) is 8.03. The van der Waals surface area contributed by atoms with Crippen molar-refractivity contribution >= 4 is 40.2 Å². The van der Waals surface area contributed by atoms with Crippen LogP contribution in [0.3, 0.4) is 0 Å². The molecule has 2 rings (SSSR count). The first-order valence-corrected chi connectivity index (χ1v) is 9.84. The average molecular weight is 395 g/mol. The molecule has 26 heavy (non-hydrogen) atoms. The lowest BCUT2D eigenvalue weighted by Crippen LogP contribution is -2.43. The van der Waals surface area contributed by atoms with Crippen molar-refractivity contribution in [3.8, 4) is 0 Å². The minimum absolute atomic E-state index is 0.383. The van der Waals surface area contributed by atoms with E-state index in [1.807, 2.05) is 30.3 Å². The highest BCUT2D eigenvalue weighted by Gasteiger charge is 2.21. The molecule has 0 spiro atoms. The second-order valence-electron chi connectivity index (χ2n) is 6.50. The van der Waals surface area contributed by atoms with Crippen LogP contribution in [0.2, 0.25) is 0 Å². The summed E-state index contributed by atoms with van der Waals surface area (Å²) in [4.78, 5) is 23.9. The van der Waals surface area contributed by atoms with Crippen molar-refractivity contribution in [3.63, 3.8) is 0 Å². The van der Waals surface area contributed by atoms with E-state index in [9.17, 15) is 9.59 Å². The second kappa shape index (κ2) is 9.00. The van der Waals surface area contributed by atoms with Crippen LogP contribution in [0.15, 0.2) is 34.7 Å². The molecule has 1 heterocycles. The zero-order chi connectivity index (χ0) is 19.2. The van der Waals surface area contributed by atoms with Crippen molar-refractivity contribution < 1.29 is 14.3 Å². The summed E-state index contributed by atoms with van der Waals surface area (Å²) in [6, 6.07) is 9.27. The lowest BCUT2D eigenvalue weighted by molar-refractivity contribution is -0.117. The number of benzene rings is 1. The Bertz CT molecular complexity index is 744. The standard InChI is InChI=1S/C17H22N4O3S2/c1-11(18-15(23)24-17(2,3)4)13(22)19-14-20-21-16(26-14)25-10-12-8-6-5-7-9-12/h5-9,11H,10H2,1-4H3,(H,18,23)(H,19,20,22)/t11-/m1/s1. The third-order valence-electron chi connectivity index (χ3n) is 2.97. The van der Waals surface area contributed by atoms with Crippen molar-refractivity contribution in [2.45, 2.75) is 49.4 Å². The zero-order valence-corrected chi connectivity index (χ0v) is 16.7. The molecule has 2 amide bonds. The molecule has 0 aliphatic rings. The van der Waals surface area contributed by atoms with Crippen molar-refractivity contribution in [2.24, 2.45) is 0 Å². The molecule has 140 valence electrons. The van der Waals surface area contributed by atoms with Gasteiger partial charge in [-0.25, -0.2) is 4.79 Å². The number of hydrogen-bond donors (Lipinski definition) is 2. The Kier molecular flexibility index (Phi) is 6.98. The maximum absolute atomic E-state index is 12.2. The molecule has 2 N–H and O–H groups in total. The molecule has 0 fully saturated rings. The molecule has 2 aromatic rings. The van der Waals surface area contributed by atoms with Gasteiger partial charge in [0.15, 0.2) is 4.34 Å². The summed E-state index contributed by atoms with van der Waals surface area (Å²) in [5.74, 6) is 0.395. The van der Waals surface area contributed by atoms with Gasteiger partial charge in [-0.05, 0) is 33.3 Å². The molecule has 0 bridgehead atoms. The minimum atomic E-state index is -0.755. The molecule has 0 unspecified atom stereocenters. The van der Waals surface area contributed by atoms with Crippen LogP contribution in [-0.2, 0) is 15.3 Å². The van der Waals surface area contributed by atoms with E-state index in [0.29, 0.717) is 5.13 Å². The van der Waals surface area contributed by atoms with Gasteiger partial charge in [0, 0.05) is 5.75 Å². The maximum Gasteiger partial charge on any atom is 0.408 e. The van der Waals surface area contributed by atoms with Crippen molar-refractivity contribution in [1.29, 1.82) is 0 Å². The maximum atomic E-state index is 12.2. The fourth-order valence-electron chi connectivity index (χ4n) is 1.80. The molecular formula is C17H22N4O3S2. The molecule has 0 saturated heterocycles. The summed E-state index contributed by atoms with van der Waals surface area (Å²) in [6.45, 7) is 6.85. The summed E-state index contributed by atoms with van der Waals surface area (Å²) in [5.41, 5.74) is 0.568. The second-order valence-corrected chi connectivity index (χ2v) is 8.70. The summed E-state index contributed by atoms with van der Waals surface area (Å²) in [7, 11) is 0. The van der Waals surface area contributed by atoms with E-state index in [-0.39, 0.29) is 5.91 Å². The monoisotopic (exact) mass is 394 g/mol. The molecule has 1 aromatic heterocycles. The van der Waals surface area contributed by atoms with Crippen LogP contribution in [0.4, 0.5) is 9.93 Å². The SMILES string of the molecule is C[C@@H](NC(=O)OC(C)(C)C)C(=O)Nc1nnc(SCc2ccccc2)s1. The van der Waals surface area contributed by atoms with E-state index in [1.54, 1.807) is 39.5 Å². The fourth-order valence-corrected chi connectivity index (χ4v) is 3.51. The number of anilines is 1. The number of carbonyl (C=O) groups excluding carboxylic acids is 2.